The molecule has 0 radical (unpaired) electrons. The van der Waals surface area contributed by atoms with Gasteiger partial charge in [-0.05, 0) is 30.7 Å². The third-order valence-electron chi connectivity index (χ3n) is 4.04. The lowest BCUT2D eigenvalue weighted by Crippen LogP contribution is -2.11. The van der Waals surface area contributed by atoms with Gasteiger partial charge in [0.1, 0.15) is 4.99 Å². The minimum atomic E-state index is -4.17. The standard InChI is InChI=1S/C18H17F3N4S/c19-18(20,21)7-2-8-25-10-13(12-6-5-11(22)9-16(12)25)14-3-1-4-15(24-14)17(23)26/h1,3-6,9-10H,2,7-8,22H2,(H2,23,26). The molecule has 2 heterocycles. The van der Waals surface area contributed by atoms with E-state index in [1.54, 1.807) is 35.0 Å². The smallest absolute Gasteiger partial charge is 0.389 e. The Kier molecular flexibility index (Phi) is 4.86. The number of pyridine rings is 1. The number of anilines is 1. The second-order valence-electron chi connectivity index (χ2n) is 6.00. The average Bonchev–Trinajstić information content (AvgIpc) is 2.92. The van der Waals surface area contributed by atoms with E-state index >= 15 is 0 Å². The Labute approximate surface area is 153 Å². The van der Waals surface area contributed by atoms with E-state index in [0.717, 1.165) is 16.5 Å². The van der Waals surface area contributed by atoms with Crippen LogP contribution in [0.5, 0.6) is 0 Å². The minimum absolute atomic E-state index is 0.0120. The predicted molar refractivity (Wildman–Crippen MR) is 101 cm³/mol. The highest BCUT2D eigenvalue weighted by Gasteiger charge is 2.26. The first-order valence-corrected chi connectivity index (χ1v) is 8.38. The van der Waals surface area contributed by atoms with Crippen molar-refractivity contribution in [2.75, 3.05) is 5.73 Å². The fourth-order valence-electron chi connectivity index (χ4n) is 2.87. The summed E-state index contributed by atoms with van der Waals surface area (Å²) in [5, 5.41) is 0.860. The molecule has 0 saturated carbocycles. The lowest BCUT2D eigenvalue weighted by Gasteiger charge is -2.08. The highest BCUT2D eigenvalue weighted by Crippen LogP contribution is 2.32. The lowest BCUT2D eigenvalue weighted by atomic mass is 10.1. The summed E-state index contributed by atoms with van der Waals surface area (Å²) < 4.78 is 39.2. The van der Waals surface area contributed by atoms with Crippen LogP contribution >= 0.6 is 12.2 Å². The fraction of sp³-hybridized carbons (Fsp3) is 0.222. The number of alkyl halides is 3. The molecule has 0 aliphatic carbocycles. The lowest BCUT2D eigenvalue weighted by molar-refractivity contribution is -0.135. The number of hydrogen-bond acceptors (Lipinski definition) is 3. The van der Waals surface area contributed by atoms with Crippen molar-refractivity contribution in [1.29, 1.82) is 0 Å². The monoisotopic (exact) mass is 378 g/mol. The summed E-state index contributed by atoms with van der Waals surface area (Å²) in [6, 6.07) is 10.7. The fourth-order valence-corrected chi connectivity index (χ4v) is 2.98. The molecule has 0 fully saturated rings. The van der Waals surface area contributed by atoms with Crippen LogP contribution in [-0.4, -0.2) is 20.7 Å². The third-order valence-corrected chi connectivity index (χ3v) is 4.25. The second kappa shape index (κ2) is 6.95. The van der Waals surface area contributed by atoms with Gasteiger partial charge in [-0.1, -0.05) is 24.4 Å². The zero-order chi connectivity index (χ0) is 18.9. The number of hydrogen-bond donors (Lipinski definition) is 2. The zero-order valence-corrected chi connectivity index (χ0v) is 14.6. The second-order valence-corrected chi connectivity index (χ2v) is 6.44. The number of fused-ring (bicyclic) bond motifs is 1. The maximum Gasteiger partial charge on any atom is 0.389 e. The molecule has 0 spiro atoms. The maximum absolute atomic E-state index is 12.5. The molecule has 0 amide bonds. The van der Waals surface area contributed by atoms with Crippen LogP contribution in [0.3, 0.4) is 0 Å². The summed E-state index contributed by atoms with van der Waals surface area (Å²) >= 11 is 4.97. The van der Waals surface area contributed by atoms with Crippen molar-refractivity contribution in [2.24, 2.45) is 5.73 Å². The molecule has 3 rings (SSSR count). The summed E-state index contributed by atoms with van der Waals surface area (Å²) in [6.45, 7) is 0.231. The van der Waals surface area contributed by atoms with Crippen molar-refractivity contribution >= 4 is 33.8 Å². The largest absolute Gasteiger partial charge is 0.399 e. The Balaban J connectivity index is 2.03. The molecule has 3 aromatic rings. The average molecular weight is 378 g/mol. The number of halogens is 3. The quantitative estimate of drug-likeness (QED) is 0.514. The van der Waals surface area contributed by atoms with Crippen LogP contribution in [0.1, 0.15) is 18.5 Å². The Morgan fingerprint density at radius 3 is 2.65 bits per heavy atom. The molecule has 1 aromatic carbocycles. The summed E-state index contributed by atoms with van der Waals surface area (Å²) in [7, 11) is 0. The van der Waals surface area contributed by atoms with E-state index in [9.17, 15) is 13.2 Å². The van der Waals surface area contributed by atoms with E-state index in [1.165, 1.54) is 0 Å². The van der Waals surface area contributed by atoms with Gasteiger partial charge in [-0.15, -0.1) is 0 Å². The van der Waals surface area contributed by atoms with E-state index < -0.39 is 12.6 Å². The molecule has 4 nitrogen and oxygen atoms in total. The van der Waals surface area contributed by atoms with Gasteiger partial charge in [0.05, 0.1) is 16.9 Å². The normalized spacial score (nSPS) is 11.8. The molecule has 26 heavy (non-hydrogen) atoms. The highest BCUT2D eigenvalue weighted by atomic mass is 32.1. The molecule has 4 N–H and O–H groups in total. The molecule has 0 aliphatic rings. The molecular weight excluding hydrogens is 361 g/mol. The molecular formula is C18H17F3N4S. The maximum atomic E-state index is 12.5. The summed E-state index contributed by atoms with van der Waals surface area (Å²) in [4.78, 5) is 4.64. The number of rotatable bonds is 5. The van der Waals surface area contributed by atoms with E-state index in [1.807, 2.05) is 12.1 Å². The van der Waals surface area contributed by atoms with Gasteiger partial charge in [-0.2, -0.15) is 13.2 Å². The van der Waals surface area contributed by atoms with Crippen LogP contribution in [0, 0.1) is 0 Å². The minimum Gasteiger partial charge on any atom is -0.399 e. The highest BCUT2D eigenvalue weighted by molar-refractivity contribution is 7.80. The van der Waals surface area contributed by atoms with E-state index in [-0.39, 0.29) is 18.0 Å². The SMILES string of the molecule is NC(=S)c1cccc(-c2cn(CCCC(F)(F)F)c3cc(N)ccc23)n1. The van der Waals surface area contributed by atoms with Crippen molar-refractivity contribution < 1.29 is 13.2 Å². The van der Waals surface area contributed by atoms with Gasteiger partial charge in [-0.3, -0.25) is 0 Å². The van der Waals surface area contributed by atoms with Gasteiger partial charge < -0.3 is 16.0 Å². The van der Waals surface area contributed by atoms with Gasteiger partial charge in [0, 0.05) is 35.8 Å². The molecule has 0 saturated heterocycles. The topological polar surface area (TPSA) is 69.9 Å². The van der Waals surface area contributed by atoms with Crippen LogP contribution < -0.4 is 11.5 Å². The Morgan fingerprint density at radius 2 is 1.96 bits per heavy atom. The number of nitrogens with zero attached hydrogens (tertiary/aromatic N) is 2. The van der Waals surface area contributed by atoms with Gasteiger partial charge in [0.2, 0.25) is 0 Å². The molecule has 136 valence electrons. The number of aryl methyl sites for hydroxylation is 1. The third kappa shape index (κ3) is 3.96. The van der Waals surface area contributed by atoms with E-state index in [2.05, 4.69) is 4.98 Å². The van der Waals surface area contributed by atoms with Crippen molar-refractivity contribution in [2.45, 2.75) is 25.6 Å². The Morgan fingerprint density at radius 1 is 1.19 bits per heavy atom. The van der Waals surface area contributed by atoms with Gasteiger partial charge in [0.25, 0.3) is 0 Å². The number of benzene rings is 1. The number of aromatic nitrogens is 2. The summed E-state index contributed by atoms with van der Waals surface area (Å²) in [5.41, 5.74) is 14.8. The first kappa shape index (κ1) is 18.2. The zero-order valence-electron chi connectivity index (χ0n) is 13.8. The van der Waals surface area contributed by atoms with E-state index in [0.29, 0.717) is 17.1 Å². The van der Waals surface area contributed by atoms with Crippen LogP contribution in [-0.2, 0) is 6.54 Å². The first-order chi connectivity index (χ1) is 12.2. The van der Waals surface area contributed by atoms with Crippen molar-refractivity contribution in [3.63, 3.8) is 0 Å². The van der Waals surface area contributed by atoms with Crippen molar-refractivity contribution in [3.8, 4) is 11.3 Å². The van der Waals surface area contributed by atoms with Gasteiger partial charge in [0.15, 0.2) is 0 Å². The Hall–Kier alpha value is -2.61. The first-order valence-electron chi connectivity index (χ1n) is 7.97. The summed E-state index contributed by atoms with van der Waals surface area (Å²) in [5.74, 6) is 0. The molecule has 0 bridgehead atoms. The molecule has 0 aliphatic heterocycles. The van der Waals surface area contributed by atoms with Crippen LogP contribution in [0.25, 0.3) is 22.2 Å². The van der Waals surface area contributed by atoms with Crippen molar-refractivity contribution in [3.05, 3.63) is 48.3 Å². The molecule has 8 heteroatoms. The summed E-state index contributed by atoms with van der Waals surface area (Å²) in [6.07, 6.45) is -3.22. The number of thiocarbonyl (C=S) groups is 1. The van der Waals surface area contributed by atoms with Crippen LogP contribution in [0.4, 0.5) is 18.9 Å². The molecule has 0 unspecified atom stereocenters. The number of nitrogens with two attached hydrogens (primary N) is 2. The van der Waals surface area contributed by atoms with Gasteiger partial charge in [-0.25, -0.2) is 4.98 Å². The van der Waals surface area contributed by atoms with Crippen molar-refractivity contribution in [1.82, 2.24) is 9.55 Å². The Bertz CT molecular complexity index is 963. The van der Waals surface area contributed by atoms with Gasteiger partial charge >= 0.3 is 6.18 Å². The molecule has 0 atom stereocenters. The van der Waals surface area contributed by atoms with E-state index in [4.69, 9.17) is 23.7 Å². The molecule has 2 aromatic heterocycles. The van der Waals surface area contributed by atoms with Crippen LogP contribution in [0.15, 0.2) is 42.6 Å². The predicted octanol–water partition coefficient (Wildman–Crippen LogP) is 4.26. The van der Waals surface area contributed by atoms with Crippen LogP contribution in [0.2, 0.25) is 0 Å². The number of nitrogen functional groups attached to an aromatic ring is 1.